The number of hydrogen-bond donors (Lipinski definition) is 2. The number of fused-ring (bicyclic) bond motifs is 1. The first-order valence-corrected chi connectivity index (χ1v) is 12.3. The molecule has 0 atom stereocenters. The minimum Gasteiger partial charge on any atom is -0.348 e. The Morgan fingerprint density at radius 1 is 1.03 bits per heavy atom. The number of halogens is 2. The Bertz CT molecular complexity index is 1570. The third-order valence-corrected chi connectivity index (χ3v) is 6.89. The molecule has 0 aliphatic carbocycles. The molecule has 8 heteroatoms. The zero-order valence-corrected chi connectivity index (χ0v) is 20.5. The first kappa shape index (κ1) is 23.8. The number of nitrogens with zero attached hydrogens (tertiary/aromatic N) is 2. The number of pyridine rings is 1. The van der Waals surface area contributed by atoms with E-state index >= 15 is 0 Å². The number of H-pyrrole nitrogens is 1. The van der Waals surface area contributed by atoms with E-state index in [1.165, 1.54) is 23.9 Å². The van der Waals surface area contributed by atoms with Gasteiger partial charge < -0.3 is 5.32 Å². The van der Waals surface area contributed by atoms with Crippen molar-refractivity contribution in [1.82, 2.24) is 20.5 Å². The number of nitrogens with one attached hydrogen (secondary N) is 2. The highest BCUT2D eigenvalue weighted by Crippen LogP contribution is 2.33. The van der Waals surface area contributed by atoms with E-state index in [1.807, 2.05) is 66.7 Å². The number of benzene rings is 3. The quantitative estimate of drug-likeness (QED) is 0.245. The average Bonchev–Trinajstić information content (AvgIpc) is 3.30. The van der Waals surface area contributed by atoms with Crippen LogP contribution in [-0.2, 0) is 6.54 Å². The lowest BCUT2D eigenvalue weighted by Crippen LogP contribution is -2.23. The normalized spacial score (nSPS) is 11.3. The molecule has 2 heterocycles. The molecule has 0 aliphatic rings. The number of aromatic amines is 1. The summed E-state index contributed by atoms with van der Waals surface area (Å²) >= 11 is 7.58. The van der Waals surface area contributed by atoms with Gasteiger partial charge in [0.2, 0.25) is 0 Å². The van der Waals surface area contributed by atoms with Gasteiger partial charge in [0, 0.05) is 32.9 Å². The topological polar surface area (TPSA) is 70.7 Å². The van der Waals surface area contributed by atoms with Crippen molar-refractivity contribution in [3.63, 3.8) is 0 Å². The second-order valence-electron chi connectivity index (χ2n) is 7.92. The van der Waals surface area contributed by atoms with Crippen LogP contribution in [0.3, 0.4) is 0 Å². The van der Waals surface area contributed by atoms with E-state index in [9.17, 15) is 9.18 Å². The molecule has 2 N–H and O–H groups in total. The number of aromatic nitrogens is 3. The van der Waals surface area contributed by atoms with Gasteiger partial charge >= 0.3 is 0 Å². The van der Waals surface area contributed by atoms with Crippen molar-refractivity contribution in [2.45, 2.75) is 16.3 Å². The molecule has 36 heavy (non-hydrogen) atoms. The highest BCUT2D eigenvalue weighted by atomic mass is 35.5. The largest absolute Gasteiger partial charge is 0.348 e. The maximum Gasteiger partial charge on any atom is 0.252 e. The lowest BCUT2D eigenvalue weighted by Gasteiger charge is -2.11. The molecule has 1 amide bonds. The molecule has 0 fully saturated rings. The predicted molar refractivity (Wildman–Crippen MR) is 142 cm³/mol. The van der Waals surface area contributed by atoms with Crippen LogP contribution in [0.4, 0.5) is 4.39 Å². The van der Waals surface area contributed by atoms with Crippen LogP contribution < -0.4 is 5.32 Å². The number of carbonyl (C=O) groups is 1. The third kappa shape index (κ3) is 5.48. The van der Waals surface area contributed by atoms with Gasteiger partial charge in [-0.1, -0.05) is 47.6 Å². The first-order chi connectivity index (χ1) is 17.6. The minimum absolute atomic E-state index is 0.200. The van der Waals surface area contributed by atoms with Crippen LogP contribution >= 0.6 is 23.4 Å². The van der Waals surface area contributed by atoms with Gasteiger partial charge in [0.15, 0.2) is 0 Å². The Morgan fingerprint density at radius 2 is 1.89 bits per heavy atom. The number of carbonyl (C=O) groups excluding carboxylic acids is 1. The van der Waals surface area contributed by atoms with Gasteiger partial charge in [0.1, 0.15) is 5.82 Å². The molecule has 0 spiro atoms. The van der Waals surface area contributed by atoms with Crippen molar-refractivity contribution in [3.05, 3.63) is 118 Å². The van der Waals surface area contributed by atoms with Crippen LogP contribution in [0.1, 0.15) is 27.3 Å². The summed E-state index contributed by atoms with van der Waals surface area (Å²) in [5, 5.41) is 11.7. The summed E-state index contributed by atoms with van der Waals surface area (Å²) < 4.78 is 13.3. The highest BCUT2D eigenvalue weighted by molar-refractivity contribution is 7.99. The van der Waals surface area contributed by atoms with Gasteiger partial charge in [-0.3, -0.25) is 14.9 Å². The van der Waals surface area contributed by atoms with E-state index in [0.717, 1.165) is 32.1 Å². The Morgan fingerprint density at radius 3 is 2.72 bits per heavy atom. The Hall–Kier alpha value is -3.94. The van der Waals surface area contributed by atoms with Gasteiger partial charge in [0.25, 0.3) is 5.91 Å². The Labute approximate surface area is 216 Å². The molecule has 5 rings (SSSR count). The summed E-state index contributed by atoms with van der Waals surface area (Å²) in [5.41, 5.74) is 3.77. The zero-order chi connectivity index (χ0) is 24.9. The molecule has 5 nitrogen and oxygen atoms in total. The molecule has 0 radical (unpaired) electrons. The van der Waals surface area contributed by atoms with Crippen molar-refractivity contribution in [1.29, 1.82) is 0 Å². The standard InChI is InChI=1S/C28H20ClFN4OS/c29-24-15-19(30)9-8-18(24)17-32-28(35)23-6-1-2-7-27(23)36-21-11-12-22-25(33-34-26(22)16-21)13-10-20-5-3-4-14-31-20/h1-16H,17H2,(H,32,35)(H,33,34)/b13-10+. The van der Waals surface area contributed by atoms with Crippen molar-refractivity contribution >= 4 is 52.3 Å². The molecule has 0 unspecified atom stereocenters. The fraction of sp³-hybridized carbons (Fsp3) is 0.0357. The van der Waals surface area contributed by atoms with Crippen LogP contribution in [0.15, 0.2) is 94.9 Å². The van der Waals surface area contributed by atoms with Crippen LogP contribution in [-0.4, -0.2) is 21.1 Å². The average molecular weight is 515 g/mol. The summed E-state index contributed by atoms with van der Waals surface area (Å²) in [6, 6.07) is 23.3. The lowest BCUT2D eigenvalue weighted by molar-refractivity contribution is 0.0948. The highest BCUT2D eigenvalue weighted by Gasteiger charge is 2.14. The number of rotatable bonds is 7. The molecule has 2 aromatic heterocycles. The van der Waals surface area contributed by atoms with Gasteiger partial charge in [0.05, 0.1) is 22.5 Å². The van der Waals surface area contributed by atoms with Crippen LogP contribution in [0.25, 0.3) is 23.1 Å². The molecule has 178 valence electrons. The monoisotopic (exact) mass is 514 g/mol. The van der Waals surface area contributed by atoms with E-state index in [0.29, 0.717) is 11.1 Å². The SMILES string of the molecule is O=C(NCc1ccc(F)cc1Cl)c1ccccc1Sc1ccc2c(/C=C/c3ccccn3)n[nH]c2c1. The van der Waals surface area contributed by atoms with E-state index in [2.05, 4.69) is 20.5 Å². The summed E-state index contributed by atoms with van der Waals surface area (Å²) in [6.07, 6.45) is 5.61. The fourth-order valence-electron chi connectivity index (χ4n) is 3.66. The molecule has 0 saturated carbocycles. The lowest BCUT2D eigenvalue weighted by atomic mass is 10.2. The first-order valence-electron chi connectivity index (χ1n) is 11.1. The maximum atomic E-state index is 13.3. The van der Waals surface area contributed by atoms with Gasteiger partial charge in [-0.15, -0.1) is 0 Å². The molecular formula is C28H20ClFN4OS. The molecular weight excluding hydrogens is 495 g/mol. The minimum atomic E-state index is -0.414. The summed E-state index contributed by atoms with van der Waals surface area (Å²) in [5.74, 6) is -0.648. The fourth-order valence-corrected chi connectivity index (χ4v) is 4.87. The Balaban J connectivity index is 1.32. The smallest absolute Gasteiger partial charge is 0.252 e. The molecule has 0 saturated heterocycles. The summed E-state index contributed by atoms with van der Waals surface area (Å²) in [7, 11) is 0. The second-order valence-corrected chi connectivity index (χ2v) is 9.44. The Kier molecular flexibility index (Phi) is 7.11. The van der Waals surface area contributed by atoms with Gasteiger partial charge in [-0.2, -0.15) is 5.10 Å². The molecule has 0 bridgehead atoms. The van der Waals surface area contributed by atoms with Crippen molar-refractivity contribution in [2.75, 3.05) is 0 Å². The van der Waals surface area contributed by atoms with Crippen LogP contribution in [0.2, 0.25) is 5.02 Å². The van der Waals surface area contributed by atoms with Crippen molar-refractivity contribution in [3.8, 4) is 0 Å². The summed E-state index contributed by atoms with van der Waals surface area (Å²) in [6.45, 7) is 0.200. The second kappa shape index (κ2) is 10.8. The summed E-state index contributed by atoms with van der Waals surface area (Å²) in [4.78, 5) is 19.0. The molecule has 5 aromatic rings. The van der Waals surface area contributed by atoms with Crippen molar-refractivity contribution < 1.29 is 9.18 Å². The predicted octanol–water partition coefficient (Wildman–Crippen LogP) is 7.00. The van der Waals surface area contributed by atoms with Crippen molar-refractivity contribution in [2.24, 2.45) is 0 Å². The van der Waals surface area contributed by atoms with Crippen LogP contribution in [0, 0.1) is 5.82 Å². The molecule has 3 aromatic carbocycles. The van der Waals surface area contributed by atoms with Crippen LogP contribution in [0.5, 0.6) is 0 Å². The van der Waals surface area contributed by atoms with E-state index in [4.69, 9.17) is 11.6 Å². The van der Waals surface area contributed by atoms with Gasteiger partial charge in [-0.05, 0) is 72.3 Å². The number of amides is 1. The van der Waals surface area contributed by atoms with E-state index in [-0.39, 0.29) is 17.5 Å². The van der Waals surface area contributed by atoms with Gasteiger partial charge in [-0.25, -0.2) is 4.39 Å². The maximum absolute atomic E-state index is 13.3. The van der Waals surface area contributed by atoms with E-state index < -0.39 is 5.82 Å². The third-order valence-electron chi connectivity index (χ3n) is 5.48. The molecule has 0 aliphatic heterocycles. The zero-order valence-electron chi connectivity index (χ0n) is 18.9. The number of hydrogen-bond acceptors (Lipinski definition) is 4. The van der Waals surface area contributed by atoms with E-state index in [1.54, 1.807) is 18.3 Å².